The number of rotatable bonds is 3. The van der Waals surface area contributed by atoms with Crippen molar-refractivity contribution >= 4 is 0 Å². The average Bonchev–Trinajstić information content (AvgIpc) is 2.96. The van der Waals surface area contributed by atoms with Gasteiger partial charge in [-0.05, 0) is 24.3 Å². The van der Waals surface area contributed by atoms with Crippen LogP contribution in [0.1, 0.15) is 11.3 Å². The number of alkyl halides is 3. The van der Waals surface area contributed by atoms with Gasteiger partial charge in [0.05, 0.1) is 23.1 Å². The van der Waals surface area contributed by atoms with Crippen LogP contribution in [-0.4, -0.2) is 46.1 Å². The molecular formula is C14H16F3N5. The number of halogens is 3. The molecule has 22 heavy (non-hydrogen) atoms. The lowest BCUT2D eigenvalue weighted by Gasteiger charge is -2.26. The van der Waals surface area contributed by atoms with Gasteiger partial charge in [-0.1, -0.05) is 5.21 Å². The average molecular weight is 311 g/mol. The Morgan fingerprint density at radius 1 is 1.09 bits per heavy atom. The Hall–Kier alpha value is -1.93. The van der Waals surface area contributed by atoms with Gasteiger partial charge in [0.25, 0.3) is 0 Å². The molecule has 0 spiro atoms. The van der Waals surface area contributed by atoms with Gasteiger partial charge >= 0.3 is 6.18 Å². The van der Waals surface area contributed by atoms with E-state index in [0.29, 0.717) is 12.2 Å². The van der Waals surface area contributed by atoms with E-state index in [0.717, 1.165) is 44.0 Å². The van der Waals surface area contributed by atoms with Gasteiger partial charge in [0.2, 0.25) is 0 Å². The molecule has 2 heterocycles. The summed E-state index contributed by atoms with van der Waals surface area (Å²) >= 11 is 0. The van der Waals surface area contributed by atoms with Gasteiger partial charge in [0.15, 0.2) is 0 Å². The summed E-state index contributed by atoms with van der Waals surface area (Å²) in [5.74, 6) is 0. The number of hydrogen-bond donors (Lipinski definition) is 1. The van der Waals surface area contributed by atoms with E-state index in [9.17, 15) is 13.2 Å². The van der Waals surface area contributed by atoms with Crippen molar-refractivity contribution in [1.82, 2.24) is 25.2 Å². The Bertz CT molecular complexity index is 614. The van der Waals surface area contributed by atoms with Crippen molar-refractivity contribution in [2.24, 2.45) is 0 Å². The van der Waals surface area contributed by atoms with Crippen LogP contribution in [-0.2, 0) is 12.7 Å². The molecule has 1 aromatic carbocycles. The molecule has 3 rings (SSSR count). The second kappa shape index (κ2) is 6.05. The smallest absolute Gasteiger partial charge is 0.314 e. The highest BCUT2D eigenvalue weighted by Crippen LogP contribution is 2.29. The van der Waals surface area contributed by atoms with Gasteiger partial charge in [-0.15, -0.1) is 5.10 Å². The largest absolute Gasteiger partial charge is 0.416 e. The zero-order valence-corrected chi connectivity index (χ0v) is 11.8. The quantitative estimate of drug-likeness (QED) is 0.937. The maximum absolute atomic E-state index is 12.6. The molecule has 1 aromatic heterocycles. The van der Waals surface area contributed by atoms with Gasteiger partial charge in [0.1, 0.15) is 0 Å². The van der Waals surface area contributed by atoms with Crippen LogP contribution in [0.2, 0.25) is 0 Å². The molecule has 0 saturated carbocycles. The molecule has 0 atom stereocenters. The second-order valence-electron chi connectivity index (χ2n) is 5.21. The van der Waals surface area contributed by atoms with Crippen LogP contribution < -0.4 is 5.32 Å². The summed E-state index contributed by atoms with van der Waals surface area (Å²) in [6, 6.07) is 4.95. The van der Waals surface area contributed by atoms with Crippen molar-refractivity contribution in [3.05, 3.63) is 41.7 Å². The highest BCUT2D eigenvalue weighted by molar-refractivity contribution is 5.35. The normalized spacial score (nSPS) is 16.9. The molecule has 8 heteroatoms. The molecule has 1 fully saturated rings. The van der Waals surface area contributed by atoms with Crippen molar-refractivity contribution < 1.29 is 13.2 Å². The Kier molecular flexibility index (Phi) is 4.12. The number of nitrogens with one attached hydrogen (secondary N) is 1. The predicted octanol–water partition coefficient (Wildman–Crippen LogP) is 1.69. The molecule has 1 saturated heterocycles. The van der Waals surface area contributed by atoms with Crippen LogP contribution in [0.5, 0.6) is 0 Å². The zero-order chi connectivity index (χ0) is 15.6. The molecule has 1 aliphatic heterocycles. The maximum Gasteiger partial charge on any atom is 0.416 e. The van der Waals surface area contributed by atoms with Crippen molar-refractivity contribution in [3.8, 4) is 5.69 Å². The monoisotopic (exact) mass is 311 g/mol. The highest BCUT2D eigenvalue weighted by Gasteiger charge is 2.30. The van der Waals surface area contributed by atoms with Gasteiger partial charge in [0, 0.05) is 32.7 Å². The fourth-order valence-electron chi connectivity index (χ4n) is 2.47. The molecule has 0 amide bonds. The van der Waals surface area contributed by atoms with Crippen LogP contribution in [0.25, 0.3) is 5.69 Å². The van der Waals surface area contributed by atoms with E-state index in [1.807, 2.05) is 0 Å². The third-order valence-electron chi connectivity index (χ3n) is 3.65. The lowest BCUT2D eigenvalue weighted by Crippen LogP contribution is -2.43. The molecule has 1 N–H and O–H groups in total. The van der Waals surface area contributed by atoms with E-state index in [1.54, 1.807) is 10.9 Å². The lowest BCUT2D eigenvalue weighted by molar-refractivity contribution is -0.137. The predicted molar refractivity (Wildman–Crippen MR) is 74.5 cm³/mol. The molecule has 1 aliphatic rings. The first-order chi connectivity index (χ1) is 10.5. The zero-order valence-electron chi connectivity index (χ0n) is 11.8. The van der Waals surface area contributed by atoms with Gasteiger partial charge in [-0.3, -0.25) is 4.90 Å². The van der Waals surface area contributed by atoms with Crippen molar-refractivity contribution in [3.63, 3.8) is 0 Å². The van der Waals surface area contributed by atoms with E-state index in [2.05, 4.69) is 20.5 Å². The molecule has 0 radical (unpaired) electrons. The van der Waals surface area contributed by atoms with Gasteiger partial charge in [-0.25, -0.2) is 4.68 Å². The highest BCUT2D eigenvalue weighted by atomic mass is 19.4. The number of hydrogen-bond acceptors (Lipinski definition) is 4. The summed E-state index contributed by atoms with van der Waals surface area (Å²) in [5.41, 5.74) is 0.775. The van der Waals surface area contributed by atoms with Crippen molar-refractivity contribution in [2.45, 2.75) is 12.7 Å². The van der Waals surface area contributed by atoms with Crippen LogP contribution >= 0.6 is 0 Å². The molecule has 2 aromatic rings. The summed E-state index contributed by atoms with van der Waals surface area (Å²) in [6.45, 7) is 4.40. The van der Waals surface area contributed by atoms with Crippen LogP contribution in [0, 0.1) is 0 Å². The fourth-order valence-corrected chi connectivity index (χ4v) is 2.47. The minimum absolute atomic E-state index is 0.579. The topological polar surface area (TPSA) is 46.0 Å². The standard InChI is InChI=1S/C14H16F3N5/c15-14(16,17)11-1-3-12(4-2-11)22-13(9-19-20-22)10-21-7-5-18-6-8-21/h1-4,9,18H,5-8,10H2. The Morgan fingerprint density at radius 3 is 2.41 bits per heavy atom. The Morgan fingerprint density at radius 2 is 1.77 bits per heavy atom. The van der Waals surface area contributed by atoms with E-state index in [4.69, 9.17) is 0 Å². The van der Waals surface area contributed by atoms with Gasteiger partial charge in [-0.2, -0.15) is 13.2 Å². The van der Waals surface area contributed by atoms with Gasteiger partial charge < -0.3 is 5.32 Å². The summed E-state index contributed by atoms with van der Waals surface area (Å²) in [4.78, 5) is 2.26. The lowest BCUT2D eigenvalue weighted by atomic mass is 10.2. The van der Waals surface area contributed by atoms with E-state index in [1.165, 1.54) is 12.1 Å². The number of benzene rings is 1. The Labute approximate surface area is 125 Å². The first-order valence-electron chi connectivity index (χ1n) is 7.04. The van der Waals surface area contributed by atoms with Crippen LogP contribution in [0.4, 0.5) is 13.2 Å². The maximum atomic E-state index is 12.6. The molecule has 118 valence electrons. The van der Waals surface area contributed by atoms with E-state index >= 15 is 0 Å². The third-order valence-corrected chi connectivity index (χ3v) is 3.65. The first-order valence-corrected chi connectivity index (χ1v) is 7.04. The Balaban J connectivity index is 1.79. The molecule has 0 unspecified atom stereocenters. The summed E-state index contributed by atoms with van der Waals surface area (Å²) < 4.78 is 39.4. The van der Waals surface area contributed by atoms with Crippen LogP contribution in [0.15, 0.2) is 30.5 Å². The number of aromatic nitrogens is 3. The minimum Gasteiger partial charge on any atom is -0.314 e. The first kappa shape index (κ1) is 15.0. The molecule has 0 bridgehead atoms. The third kappa shape index (κ3) is 3.28. The SMILES string of the molecule is FC(F)(F)c1ccc(-n2nncc2CN2CCNCC2)cc1. The minimum atomic E-state index is -4.33. The van der Waals surface area contributed by atoms with E-state index in [-0.39, 0.29) is 0 Å². The number of nitrogens with zero attached hydrogens (tertiary/aromatic N) is 4. The fraction of sp³-hybridized carbons (Fsp3) is 0.429. The van der Waals surface area contributed by atoms with Crippen molar-refractivity contribution in [1.29, 1.82) is 0 Å². The summed E-state index contributed by atoms with van der Waals surface area (Å²) in [6.07, 6.45) is -2.68. The van der Waals surface area contributed by atoms with Crippen molar-refractivity contribution in [2.75, 3.05) is 26.2 Å². The molecular weight excluding hydrogens is 295 g/mol. The van der Waals surface area contributed by atoms with Crippen LogP contribution in [0.3, 0.4) is 0 Å². The second-order valence-corrected chi connectivity index (χ2v) is 5.21. The van der Waals surface area contributed by atoms with E-state index < -0.39 is 11.7 Å². The summed E-state index contributed by atoms with van der Waals surface area (Å²) in [7, 11) is 0. The number of piperazine rings is 1. The summed E-state index contributed by atoms with van der Waals surface area (Å²) in [5, 5.41) is 11.1. The molecule has 5 nitrogen and oxygen atoms in total. The molecule has 0 aliphatic carbocycles.